The Hall–Kier alpha value is -0.660. The van der Waals surface area contributed by atoms with Gasteiger partial charge in [-0.1, -0.05) is 110 Å². The van der Waals surface area contributed by atoms with E-state index in [0.29, 0.717) is 12.8 Å². The van der Waals surface area contributed by atoms with Crippen LogP contribution in [-0.4, -0.2) is 11.6 Å². The van der Waals surface area contributed by atoms with E-state index in [0.717, 1.165) is 25.7 Å². The highest BCUT2D eigenvalue weighted by molar-refractivity contribution is 5.98. The van der Waals surface area contributed by atoms with Crippen LogP contribution in [0.2, 0.25) is 0 Å². The molecule has 0 aliphatic carbocycles. The summed E-state index contributed by atoms with van der Waals surface area (Å²) in [7, 11) is 0. The first kappa shape index (κ1) is 25.3. The zero-order valence-electron chi connectivity index (χ0n) is 18.0. The summed E-state index contributed by atoms with van der Waals surface area (Å²) in [6.07, 6.45) is 22.8. The summed E-state index contributed by atoms with van der Waals surface area (Å²) >= 11 is 0. The van der Waals surface area contributed by atoms with E-state index in [1.165, 1.54) is 83.5 Å². The fourth-order valence-electron chi connectivity index (χ4n) is 3.49. The maximum absolute atomic E-state index is 11.9. The first-order valence-corrected chi connectivity index (χ1v) is 11.7. The van der Waals surface area contributed by atoms with Crippen LogP contribution in [0.1, 0.15) is 142 Å². The molecule has 0 N–H and O–H groups in total. The average molecular weight is 367 g/mol. The van der Waals surface area contributed by atoms with Crippen molar-refractivity contribution >= 4 is 11.6 Å². The molecule has 0 unspecified atom stereocenters. The van der Waals surface area contributed by atoms with Crippen molar-refractivity contribution in [3.8, 4) is 0 Å². The summed E-state index contributed by atoms with van der Waals surface area (Å²) in [4.78, 5) is 23.7. The van der Waals surface area contributed by atoms with E-state index in [2.05, 4.69) is 13.8 Å². The molecule has 0 atom stereocenters. The van der Waals surface area contributed by atoms with Crippen LogP contribution in [-0.2, 0) is 9.59 Å². The van der Waals surface area contributed by atoms with Crippen LogP contribution in [0, 0.1) is 0 Å². The highest BCUT2D eigenvalue weighted by Crippen LogP contribution is 2.13. The monoisotopic (exact) mass is 366 g/mol. The minimum atomic E-state index is 0.163. The molecule has 2 nitrogen and oxygen atoms in total. The predicted octanol–water partition coefficient (Wildman–Crippen LogP) is 7.97. The third-order valence-corrected chi connectivity index (χ3v) is 5.26. The summed E-state index contributed by atoms with van der Waals surface area (Å²) in [5.41, 5.74) is 0. The van der Waals surface area contributed by atoms with Crippen LogP contribution in [0.5, 0.6) is 0 Å². The Balaban J connectivity index is 3.33. The Morgan fingerprint density at radius 2 is 0.692 bits per heavy atom. The molecule has 2 heteroatoms. The lowest BCUT2D eigenvalue weighted by Gasteiger charge is -2.03. The van der Waals surface area contributed by atoms with Crippen LogP contribution in [0.25, 0.3) is 0 Å². The van der Waals surface area contributed by atoms with Gasteiger partial charge in [-0.25, -0.2) is 0 Å². The first-order valence-electron chi connectivity index (χ1n) is 11.7. The molecule has 0 amide bonds. The molecule has 0 fully saturated rings. The molecule has 154 valence electrons. The molecule has 0 aromatic carbocycles. The molecule has 0 radical (unpaired) electrons. The van der Waals surface area contributed by atoms with E-state index in [-0.39, 0.29) is 18.0 Å². The number of hydrogen-bond donors (Lipinski definition) is 0. The summed E-state index contributed by atoms with van der Waals surface area (Å²) in [5.74, 6) is 0.327. The fraction of sp³-hybridized carbons (Fsp3) is 0.917. The van der Waals surface area contributed by atoms with Crippen LogP contribution in [0.15, 0.2) is 0 Å². The molecular formula is C24H46O2. The van der Waals surface area contributed by atoms with Crippen molar-refractivity contribution in [3.05, 3.63) is 0 Å². The summed E-state index contributed by atoms with van der Waals surface area (Å²) in [6, 6.07) is 0. The topological polar surface area (TPSA) is 34.1 Å². The van der Waals surface area contributed by atoms with Gasteiger partial charge in [0.2, 0.25) is 0 Å². The van der Waals surface area contributed by atoms with E-state index in [4.69, 9.17) is 0 Å². The van der Waals surface area contributed by atoms with E-state index >= 15 is 0 Å². The highest BCUT2D eigenvalue weighted by Gasteiger charge is 2.09. The number of carbonyl (C=O) groups is 2. The number of hydrogen-bond acceptors (Lipinski definition) is 2. The molecule has 0 bridgehead atoms. The second-order valence-electron chi connectivity index (χ2n) is 8.06. The lowest BCUT2D eigenvalue weighted by Crippen LogP contribution is -2.07. The van der Waals surface area contributed by atoms with Crippen molar-refractivity contribution in [2.24, 2.45) is 0 Å². The Morgan fingerprint density at radius 3 is 1.00 bits per heavy atom. The molecule has 0 aromatic heterocycles. The van der Waals surface area contributed by atoms with E-state index in [1.807, 2.05) is 0 Å². The van der Waals surface area contributed by atoms with Gasteiger partial charge in [-0.2, -0.15) is 0 Å². The average Bonchev–Trinajstić information content (AvgIpc) is 2.62. The van der Waals surface area contributed by atoms with Crippen LogP contribution in [0.4, 0.5) is 0 Å². The normalized spacial score (nSPS) is 11.0. The van der Waals surface area contributed by atoms with Crippen LogP contribution < -0.4 is 0 Å². The van der Waals surface area contributed by atoms with Gasteiger partial charge in [0, 0.05) is 12.8 Å². The van der Waals surface area contributed by atoms with Crippen molar-refractivity contribution in [2.75, 3.05) is 0 Å². The Morgan fingerprint density at radius 1 is 0.423 bits per heavy atom. The molecule has 0 aliphatic heterocycles. The number of ketones is 2. The number of rotatable bonds is 21. The standard InChI is InChI=1S/C24H46O2/c1-3-5-7-9-11-12-13-15-17-19-21-24(26)22-23(25)20-18-16-14-10-8-6-4-2/h3-22H2,1-2H3. The summed E-state index contributed by atoms with van der Waals surface area (Å²) in [6.45, 7) is 4.48. The maximum Gasteiger partial charge on any atom is 0.140 e. The molecule has 0 rings (SSSR count). The molecule has 0 aliphatic rings. The van der Waals surface area contributed by atoms with Crippen molar-refractivity contribution in [1.82, 2.24) is 0 Å². The van der Waals surface area contributed by atoms with Gasteiger partial charge in [-0.3, -0.25) is 9.59 Å². The zero-order valence-corrected chi connectivity index (χ0v) is 18.0. The third-order valence-electron chi connectivity index (χ3n) is 5.26. The van der Waals surface area contributed by atoms with E-state index in [1.54, 1.807) is 0 Å². The quantitative estimate of drug-likeness (QED) is 0.152. The molecule has 0 heterocycles. The van der Waals surface area contributed by atoms with Gasteiger partial charge in [0.15, 0.2) is 0 Å². The number of Topliss-reactive ketones (excluding diaryl/α,β-unsaturated/α-hetero) is 2. The lowest BCUT2D eigenvalue weighted by molar-refractivity contribution is -0.127. The predicted molar refractivity (Wildman–Crippen MR) is 114 cm³/mol. The molecule has 0 aromatic rings. The van der Waals surface area contributed by atoms with Gasteiger partial charge < -0.3 is 0 Å². The first-order chi connectivity index (χ1) is 12.7. The van der Waals surface area contributed by atoms with Gasteiger partial charge >= 0.3 is 0 Å². The second kappa shape index (κ2) is 20.6. The third kappa shape index (κ3) is 19.7. The molecule has 0 saturated heterocycles. The number of carbonyl (C=O) groups excluding carboxylic acids is 2. The van der Waals surface area contributed by atoms with Gasteiger partial charge in [0.25, 0.3) is 0 Å². The molecule has 26 heavy (non-hydrogen) atoms. The Kier molecular flexibility index (Phi) is 20.1. The minimum absolute atomic E-state index is 0.163. The maximum atomic E-state index is 11.9. The van der Waals surface area contributed by atoms with Gasteiger partial charge in [0.05, 0.1) is 6.42 Å². The van der Waals surface area contributed by atoms with Crippen molar-refractivity contribution < 1.29 is 9.59 Å². The van der Waals surface area contributed by atoms with Crippen molar-refractivity contribution in [2.45, 2.75) is 142 Å². The fourth-order valence-corrected chi connectivity index (χ4v) is 3.49. The van der Waals surface area contributed by atoms with Crippen molar-refractivity contribution in [3.63, 3.8) is 0 Å². The second-order valence-corrected chi connectivity index (χ2v) is 8.06. The lowest BCUT2D eigenvalue weighted by atomic mass is 10.0. The largest absolute Gasteiger partial charge is 0.299 e. The van der Waals surface area contributed by atoms with Crippen LogP contribution >= 0.6 is 0 Å². The SMILES string of the molecule is CCCCCCCCCCCCC(=O)CC(=O)CCCCCCCCC. The molecular weight excluding hydrogens is 320 g/mol. The molecule has 0 saturated carbocycles. The summed E-state index contributed by atoms with van der Waals surface area (Å²) in [5, 5.41) is 0. The van der Waals surface area contributed by atoms with E-state index < -0.39 is 0 Å². The Labute approximate surface area is 163 Å². The van der Waals surface area contributed by atoms with E-state index in [9.17, 15) is 9.59 Å². The van der Waals surface area contributed by atoms with Gasteiger partial charge in [-0.15, -0.1) is 0 Å². The zero-order chi connectivity index (χ0) is 19.3. The Bertz CT molecular complexity index is 322. The summed E-state index contributed by atoms with van der Waals surface area (Å²) < 4.78 is 0. The minimum Gasteiger partial charge on any atom is -0.299 e. The smallest absolute Gasteiger partial charge is 0.140 e. The van der Waals surface area contributed by atoms with Gasteiger partial charge in [0.1, 0.15) is 11.6 Å². The molecule has 0 spiro atoms. The highest BCUT2D eigenvalue weighted by atomic mass is 16.1. The van der Waals surface area contributed by atoms with Gasteiger partial charge in [-0.05, 0) is 12.8 Å². The van der Waals surface area contributed by atoms with Crippen LogP contribution in [0.3, 0.4) is 0 Å². The van der Waals surface area contributed by atoms with Crippen molar-refractivity contribution in [1.29, 1.82) is 0 Å². The number of unbranched alkanes of at least 4 members (excludes halogenated alkanes) is 15.